The van der Waals surface area contributed by atoms with Crippen LogP contribution in [0.1, 0.15) is 13.3 Å². The molecule has 0 saturated heterocycles. The maximum absolute atomic E-state index is 11.5. The fraction of sp³-hybridized carbons (Fsp3) is 0.400. The van der Waals surface area contributed by atoms with Gasteiger partial charge in [-0.2, -0.15) is 0 Å². The Morgan fingerprint density at radius 1 is 2.00 bits per heavy atom. The Bertz CT molecular complexity index is 51.0. The molecular weight excluding hydrogens is 79.1 g/mol. The van der Waals surface area contributed by atoms with E-state index in [0.717, 1.165) is 6.42 Å². The second-order valence-electron chi connectivity index (χ2n) is 1.06. The van der Waals surface area contributed by atoms with E-state index >= 15 is 0 Å². The molecule has 0 N–H and O–H groups in total. The van der Waals surface area contributed by atoms with Crippen molar-refractivity contribution in [3.05, 3.63) is 18.8 Å². The highest BCUT2D eigenvalue weighted by molar-refractivity contribution is 4.92. The molecule has 0 spiro atoms. The van der Waals surface area contributed by atoms with Gasteiger partial charge in [-0.15, -0.1) is 0 Å². The Labute approximate surface area is 37.7 Å². The molecule has 0 aliphatic rings. The third-order valence-electron chi connectivity index (χ3n) is 0.426. The maximum Gasteiger partial charge on any atom is 0.0963 e. The van der Waals surface area contributed by atoms with Crippen LogP contribution in [0.2, 0.25) is 0 Å². The molecule has 35 valence electrons. The summed E-state index contributed by atoms with van der Waals surface area (Å²) in [5.41, 5.74) is 0. The van der Waals surface area contributed by atoms with Crippen molar-refractivity contribution < 1.29 is 4.39 Å². The van der Waals surface area contributed by atoms with E-state index in [0.29, 0.717) is 0 Å². The van der Waals surface area contributed by atoms with Crippen LogP contribution in [0.3, 0.4) is 0 Å². The van der Waals surface area contributed by atoms with Crippen LogP contribution in [0.15, 0.2) is 11.9 Å². The largest absolute Gasteiger partial charge is 0.212 e. The van der Waals surface area contributed by atoms with Gasteiger partial charge in [-0.05, 0) is 6.42 Å². The lowest BCUT2D eigenvalue weighted by Crippen LogP contribution is -1.56. The summed E-state index contributed by atoms with van der Waals surface area (Å²) in [6.45, 7) is 4.89. The van der Waals surface area contributed by atoms with Gasteiger partial charge in [0.05, 0.1) is 5.83 Å². The molecule has 0 heterocycles. The summed E-state index contributed by atoms with van der Waals surface area (Å²) in [6, 6.07) is 0. The van der Waals surface area contributed by atoms with E-state index in [4.69, 9.17) is 0 Å². The number of hydrogen-bond donors (Lipinski definition) is 0. The summed E-state index contributed by atoms with van der Waals surface area (Å²) < 4.78 is 11.5. The molecule has 0 unspecified atom stereocenters. The second kappa shape index (κ2) is 2.88. The van der Waals surface area contributed by atoms with E-state index in [1.807, 2.05) is 6.92 Å². The fourth-order valence-electron chi connectivity index (χ4n) is 0.221. The second-order valence-corrected chi connectivity index (χ2v) is 1.06. The monoisotopic (exact) mass is 87.1 g/mol. The van der Waals surface area contributed by atoms with Crippen molar-refractivity contribution in [2.24, 2.45) is 0 Å². The van der Waals surface area contributed by atoms with Crippen LogP contribution >= 0.6 is 0 Å². The van der Waals surface area contributed by atoms with Crippen LogP contribution in [0.4, 0.5) is 4.39 Å². The van der Waals surface area contributed by atoms with Crippen molar-refractivity contribution in [3.63, 3.8) is 0 Å². The summed E-state index contributed by atoms with van der Waals surface area (Å²) in [6.07, 6.45) is 2.16. The summed E-state index contributed by atoms with van der Waals surface area (Å²) >= 11 is 0. The first-order valence-electron chi connectivity index (χ1n) is 1.95. The molecule has 0 aliphatic heterocycles. The van der Waals surface area contributed by atoms with E-state index in [2.05, 4.69) is 6.92 Å². The SMILES string of the molecule is [CH2]/C(F)=C/CC. The summed E-state index contributed by atoms with van der Waals surface area (Å²) in [4.78, 5) is 0. The quantitative estimate of drug-likeness (QED) is 0.459. The smallest absolute Gasteiger partial charge is 0.0963 e. The molecule has 0 atom stereocenters. The highest BCUT2D eigenvalue weighted by Gasteiger charge is 1.73. The standard InChI is InChI=1S/C5H8F/c1-3-4-5(2)6/h4H,2-3H2,1H3/b5-4-. The van der Waals surface area contributed by atoms with Crippen molar-refractivity contribution in [2.75, 3.05) is 0 Å². The zero-order valence-corrected chi connectivity index (χ0v) is 3.87. The molecule has 6 heavy (non-hydrogen) atoms. The third kappa shape index (κ3) is 3.67. The van der Waals surface area contributed by atoms with Crippen molar-refractivity contribution in [3.8, 4) is 0 Å². The van der Waals surface area contributed by atoms with Crippen LogP contribution in [-0.4, -0.2) is 0 Å². The van der Waals surface area contributed by atoms with Gasteiger partial charge < -0.3 is 0 Å². The Hall–Kier alpha value is -0.330. The van der Waals surface area contributed by atoms with Gasteiger partial charge >= 0.3 is 0 Å². The average Bonchev–Trinajstić information content (AvgIpc) is 1.35. The van der Waals surface area contributed by atoms with Gasteiger partial charge in [-0.25, -0.2) is 4.39 Å². The minimum Gasteiger partial charge on any atom is -0.212 e. The Balaban J connectivity index is 3.14. The predicted molar refractivity (Wildman–Crippen MR) is 24.8 cm³/mol. The van der Waals surface area contributed by atoms with Crippen molar-refractivity contribution >= 4 is 0 Å². The van der Waals surface area contributed by atoms with Gasteiger partial charge in [0.15, 0.2) is 0 Å². The number of rotatable bonds is 1. The van der Waals surface area contributed by atoms with Crippen molar-refractivity contribution in [2.45, 2.75) is 13.3 Å². The number of halogens is 1. The number of allylic oxidation sites excluding steroid dienone is 2. The van der Waals surface area contributed by atoms with E-state index in [1.54, 1.807) is 0 Å². The molecule has 0 rings (SSSR count). The highest BCUT2D eigenvalue weighted by atomic mass is 19.1. The molecule has 1 heteroatoms. The Kier molecular flexibility index (Phi) is 2.73. The summed E-state index contributed by atoms with van der Waals surface area (Å²) in [7, 11) is 0. The van der Waals surface area contributed by atoms with Crippen LogP contribution in [0.25, 0.3) is 0 Å². The molecule has 0 nitrogen and oxygen atoms in total. The lowest BCUT2D eigenvalue weighted by Gasteiger charge is -1.75. The Morgan fingerprint density at radius 2 is 2.50 bits per heavy atom. The van der Waals surface area contributed by atoms with Crippen molar-refractivity contribution in [1.82, 2.24) is 0 Å². The van der Waals surface area contributed by atoms with E-state index in [-0.39, 0.29) is 5.83 Å². The van der Waals surface area contributed by atoms with E-state index in [9.17, 15) is 4.39 Å². The molecular formula is C5H8F. The van der Waals surface area contributed by atoms with E-state index < -0.39 is 0 Å². The minimum atomic E-state index is -0.336. The zero-order chi connectivity index (χ0) is 4.99. The first-order chi connectivity index (χ1) is 2.77. The third-order valence-corrected chi connectivity index (χ3v) is 0.426. The molecule has 0 saturated carbocycles. The number of hydrogen-bond acceptors (Lipinski definition) is 0. The average molecular weight is 87.1 g/mol. The topological polar surface area (TPSA) is 0 Å². The predicted octanol–water partition coefficient (Wildman–Crippen LogP) is 2.08. The van der Waals surface area contributed by atoms with Gasteiger partial charge in [-0.1, -0.05) is 13.0 Å². The van der Waals surface area contributed by atoms with Crippen LogP contribution in [0.5, 0.6) is 0 Å². The van der Waals surface area contributed by atoms with Gasteiger partial charge in [0, 0.05) is 6.92 Å². The van der Waals surface area contributed by atoms with Crippen LogP contribution in [-0.2, 0) is 0 Å². The molecule has 0 bridgehead atoms. The van der Waals surface area contributed by atoms with Gasteiger partial charge in [-0.3, -0.25) is 0 Å². The first kappa shape index (κ1) is 5.67. The molecule has 0 amide bonds. The molecule has 0 aliphatic carbocycles. The summed E-state index contributed by atoms with van der Waals surface area (Å²) in [5, 5.41) is 0. The lowest BCUT2D eigenvalue weighted by molar-refractivity contribution is 0.660. The van der Waals surface area contributed by atoms with Crippen LogP contribution < -0.4 is 0 Å². The first-order valence-corrected chi connectivity index (χ1v) is 1.95. The zero-order valence-electron chi connectivity index (χ0n) is 3.87. The van der Waals surface area contributed by atoms with Gasteiger partial charge in [0.1, 0.15) is 0 Å². The molecule has 1 radical (unpaired) electrons. The maximum atomic E-state index is 11.5. The van der Waals surface area contributed by atoms with Gasteiger partial charge in [0.2, 0.25) is 0 Å². The van der Waals surface area contributed by atoms with E-state index in [1.165, 1.54) is 6.08 Å². The molecule has 0 fully saturated rings. The van der Waals surface area contributed by atoms with Crippen molar-refractivity contribution in [1.29, 1.82) is 0 Å². The fourth-order valence-corrected chi connectivity index (χ4v) is 0.221. The lowest BCUT2D eigenvalue weighted by atomic mass is 10.4. The highest BCUT2D eigenvalue weighted by Crippen LogP contribution is 1.91. The summed E-state index contributed by atoms with van der Waals surface area (Å²) in [5.74, 6) is -0.336. The molecule has 0 aromatic heterocycles. The minimum absolute atomic E-state index is 0.336. The van der Waals surface area contributed by atoms with Gasteiger partial charge in [0.25, 0.3) is 0 Å². The van der Waals surface area contributed by atoms with Crippen LogP contribution in [0, 0.1) is 6.92 Å². The molecule has 0 aromatic rings. The Morgan fingerprint density at radius 3 is 2.50 bits per heavy atom. The molecule has 0 aromatic carbocycles. The normalized spacial score (nSPS) is 12.2.